The number of Topliss-reactive ketones (excluding diaryl/α,β-unsaturated/α-hetero) is 1. The number of aromatic nitrogens is 4. The Morgan fingerprint density at radius 1 is 0.880 bits per heavy atom. The average Bonchev–Trinajstić information content (AvgIpc) is 3.75. The Kier molecular flexibility index (Phi) is 9.06. The standard InChI is InChI=1S/C38H41N5O7/c1-9-11-30(45)32-19(5)26-14-25-18(4)23(12-13-31(46)49-8)35(41-25)34-36-33(37(47)43(38(34)48)50-21(7)44)20(6)27(42-36)15-28-22(10-2)17(3)24(39-28)16-29(32)40-26/h14-16,18,23,41-42H,9-13H2,1-8H3/t18-,23-/m0/s1. The summed E-state index contributed by atoms with van der Waals surface area (Å²) in [4.78, 5) is 88.3. The molecule has 6 heterocycles. The normalized spacial score (nSPS) is 17.7. The second-order valence-corrected chi connectivity index (χ2v) is 13.1. The van der Waals surface area contributed by atoms with Crippen LogP contribution in [0.4, 0.5) is 0 Å². The number of nitrogens with one attached hydrogen (secondary N) is 2. The monoisotopic (exact) mass is 679 g/mol. The van der Waals surface area contributed by atoms with Gasteiger partial charge in [0.2, 0.25) is 0 Å². The summed E-state index contributed by atoms with van der Waals surface area (Å²) in [5, 5.41) is 0.507. The van der Waals surface area contributed by atoms with Crippen LogP contribution in [0, 0.1) is 6.92 Å². The van der Waals surface area contributed by atoms with Gasteiger partial charge in [-0.2, -0.15) is 0 Å². The number of rotatable bonds is 8. The Bertz CT molecular complexity index is 2150. The van der Waals surface area contributed by atoms with Gasteiger partial charge in [-0.1, -0.05) is 25.8 Å². The molecule has 260 valence electrons. The van der Waals surface area contributed by atoms with Crippen LogP contribution < -0.4 is 0 Å². The van der Waals surface area contributed by atoms with E-state index in [2.05, 4.69) is 9.97 Å². The second-order valence-electron chi connectivity index (χ2n) is 13.1. The highest BCUT2D eigenvalue weighted by molar-refractivity contribution is 6.28. The molecular weight excluding hydrogens is 638 g/mol. The van der Waals surface area contributed by atoms with Gasteiger partial charge in [-0.25, -0.2) is 14.8 Å². The number of carbonyl (C=O) groups is 5. The van der Waals surface area contributed by atoms with Crippen molar-refractivity contribution in [3.05, 3.63) is 69.1 Å². The fourth-order valence-corrected chi connectivity index (χ4v) is 7.38. The van der Waals surface area contributed by atoms with Crippen molar-refractivity contribution in [2.45, 2.75) is 92.4 Å². The Balaban J connectivity index is 1.79. The molecule has 6 rings (SSSR count). The molecule has 4 aliphatic rings. The van der Waals surface area contributed by atoms with Gasteiger partial charge in [0.05, 0.1) is 46.5 Å². The maximum atomic E-state index is 14.3. The van der Waals surface area contributed by atoms with Crippen LogP contribution in [0.15, 0.2) is 18.2 Å². The predicted molar refractivity (Wildman–Crippen MR) is 187 cm³/mol. The summed E-state index contributed by atoms with van der Waals surface area (Å²) in [6.07, 6.45) is 2.10. The van der Waals surface area contributed by atoms with E-state index in [1.54, 1.807) is 6.92 Å². The molecule has 0 aliphatic carbocycles. The number of aryl methyl sites for hydroxylation is 1. The summed E-state index contributed by atoms with van der Waals surface area (Å²) in [6, 6.07) is 5.60. The van der Waals surface area contributed by atoms with Crippen LogP contribution in [0.3, 0.4) is 0 Å². The number of ketones is 1. The number of esters is 1. The number of nitrogens with zero attached hydrogens (tertiary/aromatic N) is 3. The highest BCUT2D eigenvalue weighted by Gasteiger charge is 2.42. The number of methoxy groups -OCH3 is 1. The van der Waals surface area contributed by atoms with Crippen LogP contribution in [0.2, 0.25) is 0 Å². The molecule has 0 unspecified atom stereocenters. The zero-order valence-corrected chi connectivity index (χ0v) is 29.6. The largest absolute Gasteiger partial charge is 0.469 e. The molecule has 4 aliphatic heterocycles. The van der Waals surface area contributed by atoms with Crippen molar-refractivity contribution < 1.29 is 33.5 Å². The first kappa shape index (κ1) is 34.5. The van der Waals surface area contributed by atoms with E-state index in [1.807, 2.05) is 52.8 Å². The minimum atomic E-state index is -0.830. The third kappa shape index (κ3) is 5.62. The number of fused-ring (bicyclic) bond motifs is 8. The molecule has 2 N–H and O–H groups in total. The molecule has 0 spiro atoms. The molecule has 0 fully saturated rings. The molecule has 8 bridgehead atoms. The van der Waals surface area contributed by atoms with Crippen molar-refractivity contribution in [1.29, 1.82) is 0 Å². The van der Waals surface area contributed by atoms with Crippen LogP contribution >= 0.6 is 0 Å². The molecule has 0 aromatic carbocycles. The zero-order valence-electron chi connectivity index (χ0n) is 29.6. The number of amides is 2. The lowest BCUT2D eigenvalue weighted by molar-refractivity contribution is -0.166. The first-order valence-electron chi connectivity index (χ1n) is 17.0. The van der Waals surface area contributed by atoms with Gasteiger partial charge < -0.3 is 19.5 Å². The fourth-order valence-electron chi connectivity index (χ4n) is 7.38. The Hall–Kier alpha value is -5.39. The number of allylic oxidation sites excluding steroid dienone is 4. The summed E-state index contributed by atoms with van der Waals surface area (Å²) < 4.78 is 4.95. The van der Waals surface area contributed by atoms with Crippen molar-refractivity contribution >= 4 is 62.9 Å². The Morgan fingerprint density at radius 3 is 2.22 bits per heavy atom. The quantitative estimate of drug-likeness (QED) is 0.223. The third-order valence-corrected chi connectivity index (χ3v) is 10.1. The number of H-pyrrole nitrogens is 2. The van der Waals surface area contributed by atoms with E-state index in [9.17, 15) is 24.0 Å². The first-order valence-corrected chi connectivity index (χ1v) is 17.0. The molecule has 0 saturated carbocycles. The van der Waals surface area contributed by atoms with E-state index in [4.69, 9.17) is 19.5 Å². The lowest BCUT2D eigenvalue weighted by atomic mass is 9.84. The van der Waals surface area contributed by atoms with Crippen molar-refractivity contribution in [3.63, 3.8) is 0 Å². The Morgan fingerprint density at radius 2 is 1.56 bits per heavy atom. The van der Waals surface area contributed by atoms with Crippen LogP contribution in [0.5, 0.6) is 0 Å². The van der Waals surface area contributed by atoms with Gasteiger partial charge in [0.25, 0.3) is 11.8 Å². The minimum absolute atomic E-state index is 0.00555. The molecule has 50 heavy (non-hydrogen) atoms. The molecule has 0 saturated heterocycles. The molecule has 2 atom stereocenters. The van der Waals surface area contributed by atoms with Crippen LogP contribution in [0.1, 0.15) is 146 Å². The van der Waals surface area contributed by atoms with E-state index in [0.717, 1.165) is 23.6 Å². The van der Waals surface area contributed by atoms with E-state index >= 15 is 0 Å². The van der Waals surface area contributed by atoms with Crippen molar-refractivity contribution in [1.82, 2.24) is 25.0 Å². The number of hydrogen-bond donors (Lipinski definition) is 2. The summed E-state index contributed by atoms with van der Waals surface area (Å²) in [6.45, 7) is 12.7. The molecule has 12 heteroatoms. The van der Waals surface area contributed by atoms with Gasteiger partial charge in [-0.3, -0.25) is 19.2 Å². The van der Waals surface area contributed by atoms with E-state index in [-0.39, 0.29) is 34.8 Å². The first-order chi connectivity index (χ1) is 23.8. The van der Waals surface area contributed by atoms with Gasteiger partial charge in [0, 0.05) is 54.1 Å². The molecular formula is C38H41N5O7. The number of ether oxygens (including phenoxy) is 1. The van der Waals surface area contributed by atoms with E-state index < -0.39 is 29.7 Å². The highest BCUT2D eigenvalue weighted by atomic mass is 16.7. The van der Waals surface area contributed by atoms with Gasteiger partial charge >= 0.3 is 11.9 Å². The summed E-state index contributed by atoms with van der Waals surface area (Å²) in [5.74, 6) is -3.51. The van der Waals surface area contributed by atoms with Gasteiger partial charge in [0.1, 0.15) is 0 Å². The SMILES string of the molecule is CCCC(=O)C1=C(C)c2cc3[nH]c(c4c5[nH]c(cc6nc(cc1n2)C(C)=C6CC)c(C)c5C(=O)N(OC(C)=O)C4=O)[C@@H](CCC(=O)OC)[C@@H]3C. The summed E-state index contributed by atoms with van der Waals surface area (Å²) >= 11 is 0. The number of hydroxylamine groups is 2. The van der Waals surface area contributed by atoms with Gasteiger partial charge in [-0.15, -0.1) is 0 Å². The number of imide groups is 1. The topological polar surface area (TPSA) is 164 Å². The minimum Gasteiger partial charge on any atom is -0.469 e. The van der Waals surface area contributed by atoms with Gasteiger partial charge in [0.15, 0.2) is 5.78 Å². The van der Waals surface area contributed by atoms with Crippen molar-refractivity contribution in [2.24, 2.45) is 0 Å². The number of aromatic amines is 2. The predicted octanol–water partition coefficient (Wildman–Crippen LogP) is 6.90. The van der Waals surface area contributed by atoms with E-state index in [0.29, 0.717) is 81.6 Å². The fraction of sp³-hybridized carbons (Fsp3) is 0.395. The lowest BCUT2D eigenvalue weighted by Crippen LogP contribution is -2.42. The molecule has 2 amide bonds. The maximum absolute atomic E-state index is 14.3. The molecule has 2 aromatic rings. The van der Waals surface area contributed by atoms with Crippen LogP contribution in [-0.2, 0) is 24.0 Å². The molecule has 12 nitrogen and oxygen atoms in total. The van der Waals surface area contributed by atoms with Gasteiger partial charge in [-0.05, 0) is 80.5 Å². The average molecular weight is 680 g/mol. The number of carbonyl (C=O) groups excluding carboxylic acids is 5. The van der Waals surface area contributed by atoms with Crippen molar-refractivity contribution in [2.75, 3.05) is 7.11 Å². The Labute approximate surface area is 289 Å². The smallest absolute Gasteiger partial charge is 0.330 e. The lowest BCUT2D eigenvalue weighted by Gasteiger charge is -2.25. The summed E-state index contributed by atoms with van der Waals surface area (Å²) in [7, 11) is 1.32. The van der Waals surface area contributed by atoms with Crippen molar-refractivity contribution in [3.8, 4) is 0 Å². The van der Waals surface area contributed by atoms with E-state index in [1.165, 1.54) is 7.11 Å². The molecule has 0 radical (unpaired) electrons. The zero-order chi connectivity index (χ0) is 36.2. The van der Waals surface area contributed by atoms with Crippen LogP contribution in [-0.4, -0.2) is 61.6 Å². The maximum Gasteiger partial charge on any atom is 0.330 e. The highest BCUT2D eigenvalue weighted by Crippen LogP contribution is 2.45. The number of hydrogen-bond acceptors (Lipinski definition) is 9. The third-order valence-electron chi connectivity index (χ3n) is 10.1. The van der Waals surface area contributed by atoms with Crippen LogP contribution in [0.25, 0.3) is 33.3 Å². The second kappa shape index (κ2) is 13.1. The molecule has 2 aromatic heterocycles. The summed E-state index contributed by atoms with van der Waals surface area (Å²) in [5.41, 5.74) is 8.54.